The van der Waals surface area contributed by atoms with E-state index in [4.69, 9.17) is 18.2 Å². The molecule has 2 aliphatic heterocycles. The summed E-state index contributed by atoms with van der Waals surface area (Å²) in [4.78, 5) is 24.1. The lowest BCUT2D eigenvalue weighted by atomic mass is 10.0. The third-order valence-electron chi connectivity index (χ3n) is 5.74. The zero-order valence-corrected chi connectivity index (χ0v) is 16.9. The van der Waals surface area contributed by atoms with Crippen molar-refractivity contribution in [3.8, 4) is 6.57 Å². The Balaban J connectivity index is 1.33. The van der Waals surface area contributed by atoms with Crippen LogP contribution < -0.4 is 5.32 Å². The molecular formula is C21H24ClFN5O+. The van der Waals surface area contributed by atoms with Crippen molar-refractivity contribution in [2.24, 2.45) is 0 Å². The predicted octanol–water partition coefficient (Wildman–Crippen LogP) is 3.62. The van der Waals surface area contributed by atoms with Gasteiger partial charge in [0.15, 0.2) is 0 Å². The minimum absolute atomic E-state index is 0.0832. The number of hydrogen-bond acceptors (Lipinski definition) is 4. The molecule has 1 N–H and O–H groups in total. The van der Waals surface area contributed by atoms with Gasteiger partial charge < -0.3 is 5.32 Å². The van der Waals surface area contributed by atoms with Gasteiger partial charge in [-0.25, -0.2) is 4.39 Å². The second-order valence-corrected chi connectivity index (χ2v) is 8.11. The van der Waals surface area contributed by atoms with Gasteiger partial charge in [0.05, 0.1) is 30.0 Å². The number of hydrogen-bond donors (Lipinski definition) is 1. The first-order chi connectivity index (χ1) is 14.0. The molecule has 2 aliphatic rings. The second-order valence-electron chi connectivity index (χ2n) is 7.70. The molecule has 2 aromatic rings. The van der Waals surface area contributed by atoms with Crippen molar-refractivity contribution in [2.45, 2.75) is 37.6 Å². The first-order valence-corrected chi connectivity index (χ1v) is 10.3. The van der Waals surface area contributed by atoms with Crippen molar-refractivity contribution in [1.29, 1.82) is 0 Å². The molecule has 3 heterocycles. The predicted molar refractivity (Wildman–Crippen MR) is 113 cm³/mol. The van der Waals surface area contributed by atoms with Crippen LogP contribution in [-0.4, -0.2) is 65.2 Å². The van der Waals surface area contributed by atoms with Crippen LogP contribution in [0.5, 0.6) is 0 Å². The van der Waals surface area contributed by atoms with E-state index in [9.17, 15) is 9.18 Å². The highest BCUT2D eigenvalue weighted by molar-refractivity contribution is 6.35. The first kappa shape index (κ1) is 19.9. The minimum atomic E-state index is -1.05. The number of pyridine rings is 1. The van der Waals surface area contributed by atoms with Crippen molar-refractivity contribution in [3.05, 3.63) is 40.3 Å². The number of benzene rings is 1. The molecule has 0 unspecified atom stereocenters. The largest absolute Gasteiger partial charge is 0.382 e. The van der Waals surface area contributed by atoms with Gasteiger partial charge in [-0.1, -0.05) is 28.6 Å². The van der Waals surface area contributed by atoms with Gasteiger partial charge in [-0.3, -0.25) is 19.6 Å². The number of amides is 1. The summed E-state index contributed by atoms with van der Waals surface area (Å²) in [6, 6.07) is 8.04. The summed E-state index contributed by atoms with van der Waals surface area (Å²) in [5.41, 5.74) is 1.81. The molecule has 2 saturated heterocycles. The fraction of sp³-hybridized carbons (Fsp3) is 0.476. The molecule has 0 saturated carbocycles. The molecule has 0 radical (unpaired) electrons. The number of rotatable bonds is 4. The number of likely N-dealkylation sites (tertiary alicyclic amines) is 2. The van der Waals surface area contributed by atoms with Crippen LogP contribution in [0.25, 0.3) is 15.7 Å². The number of nitrogens with zero attached hydrogens (tertiary/aromatic N) is 4. The summed E-state index contributed by atoms with van der Waals surface area (Å²) >= 11 is 6.25. The van der Waals surface area contributed by atoms with Gasteiger partial charge >= 0.3 is 6.17 Å². The molecule has 0 aliphatic carbocycles. The summed E-state index contributed by atoms with van der Waals surface area (Å²) in [5, 5.41) is 5.24. The molecule has 0 spiro atoms. The molecule has 29 heavy (non-hydrogen) atoms. The van der Waals surface area contributed by atoms with Crippen LogP contribution in [0.15, 0.2) is 30.5 Å². The van der Waals surface area contributed by atoms with Crippen LogP contribution in [0.1, 0.15) is 19.3 Å². The molecule has 2 fully saturated rings. The maximum Gasteiger partial charge on any atom is 0.352 e. The van der Waals surface area contributed by atoms with Crippen LogP contribution in [0.3, 0.4) is 0 Å². The van der Waals surface area contributed by atoms with Crippen molar-refractivity contribution < 1.29 is 9.18 Å². The standard InChI is InChI=1S/C21H24ClFN5O/c1-24-19-11-14(23)12-28(19)20(29)13-27-9-6-15(7-10-27)26-18-5-8-25-21-16(18)3-2-4-17(21)22/h1-5,8,14-15,19H,6-7,9-13H2,(H,25,26)/q+1/t14-,19-/m0/s1. The topological polar surface area (TPSA) is 52.8 Å². The molecule has 2 atom stereocenters. The zero-order chi connectivity index (χ0) is 20.4. The Bertz CT molecular complexity index is 940. The average molecular weight is 417 g/mol. The molecule has 1 aromatic carbocycles. The van der Waals surface area contributed by atoms with Gasteiger partial charge in [-0.2, -0.15) is 0 Å². The van der Waals surface area contributed by atoms with E-state index in [1.165, 1.54) is 4.90 Å². The van der Waals surface area contributed by atoms with E-state index in [0.29, 0.717) is 11.1 Å². The van der Waals surface area contributed by atoms with Crippen molar-refractivity contribution in [1.82, 2.24) is 14.8 Å². The first-order valence-electron chi connectivity index (χ1n) is 9.91. The van der Waals surface area contributed by atoms with Gasteiger partial charge in [0.1, 0.15) is 6.17 Å². The summed E-state index contributed by atoms with van der Waals surface area (Å²) in [5.74, 6) is -0.106. The number of aromatic nitrogens is 1. The van der Waals surface area contributed by atoms with E-state index in [1.807, 2.05) is 24.3 Å². The Morgan fingerprint density at radius 2 is 2.14 bits per heavy atom. The molecule has 1 amide bonds. The Labute approximate surface area is 174 Å². The molecule has 0 bridgehead atoms. The maximum atomic E-state index is 13.6. The van der Waals surface area contributed by atoms with E-state index in [2.05, 4.69) is 20.0 Å². The number of halogens is 2. The lowest BCUT2D eigenvalue weighted by Gasteiger charge is -2.33. The SMILES string of the molecule is C#[N+][C@@H]1C[C@H](F)CN1C(=O)CN1CCC(Nc2ccnc3c(Cl)cccc23)CC1. The van der Waals surface area contributed by atoms with E-state index in [-0.39, 0.29) is 25.4 Å². The van der Waals surface area contributed by atoms with Gasteiger partial charge in [0, 0.05) is 36.4 Å². The average Bonchev–Trinajstić information content (AvgIpc) is 3.11. The van der Waals surface area contributed by atoms with Crippen LogP contribution in [0.4, 0.5) is 10.1 Å². The number of carbonyl (C=O) groups excluding carboxylic acids is 1. The Hall–Kier alpha value is -2.43. The van der Waals surface area contributed by atoms with Gasteiger partial charge in [0.25, 0.3) is 6.57 Å². The molecular weight excluding hydrogens is 393 g/mol. The van der Waals surface area contributed by atoms with Crippen LogP contribution in [-0.2, 0) is 4.79 Å². The molecule has 1 aromatic heterocycles. The number of fused-ring (bicyclic) bond motifs is 1. The Morgan fingerprint density at radius 1 is 1.34 bits per heavy atom. The summed E-state index contributed by atoms with van der Waals surface area (Å²) in [6.07, 6.45) is 2.19. The molecule has 152 valence electrons. The summed E-state index contributed by atoms with van der Waals surface area (Å²) in [7, 11) is 0. The smallest absolute Gasteiger partial charge is 0.352 e. The normalized spacial score (nSPS) is 23.3. The third kappa shape index (κ3) is 4.29. The Morgan fingerprint density at radius 3 is 2.90 bits per heavy atom. The second kappa shape index (κ2) is 8.52. The van der Waals surface area contributed by atoms with Crippen LogP contribution in [0, 0.1) is 6.57 Å². The fourth-order valence-corrected chi connectivity index (χ4v) is 4.40. The highest BCUT2D eigenvalue weighted by Gasteiger charge is 2.42. The van der Waals surface area contributed by atoms with Crippen molar-refractivity contribution >= 4 is 34.1 Å². The highest BCUT2D eigenvalue weighted by Crippen LogP contribution is 2.28. The number of alkyl halides is 1. The molecule has 8 heteroatoms. The summed E-state index contributed by atoms with van der Waals surface area (Å²) < 4.78 is 13.6. The zero-order valence-electron chi connectivity index (χ0n) is 16.1. The van der Waals surface area contributed by atoms with E-state index in [0.717, 1.165) is 42.5 Å². The summed E-state index contributed by atoms with van der Waals surface area (Å²) in [6.45, 7) is 7.28. The molecule has 4 rings (SSSR count). The minimum Gasteiger partial charge on any atom is -0.382 e. The highest BCUT2D eigenvalue weighted by atomic mass is 35.5. The number of nitrogens with one attached hydrogen (secondary N) is 1. The monoisotopic (exact) mass is 416 g/mol. The quantitative estimate of drug-likeness (QED) is 0.827. The lowest BCUT2D eigenvalue weighted by molar-refractivity contribution is -0.133. The fourth-order valence-electron chi connectivity index (χ4n) is 4.18. The van der Waals surface area contributed by atoms with Crippen molar-refractivity contribution in [2.75, 3.05) is 31.5 Å². The van der Waals surface area contributed by atoms with E-state index < -0.39 is 12.3 Å². The van der Waals surface area contributed by atoms with Gasteiger partial charge in [-0.15, -0.1) is 0 Å². The van der Waals surface area contributed by atoms with Crippen molar-refractivity contribution in [3.63, 3.8) is 0 Å². The van der Waals surface area contributed by atoms with Gasteiger partial charge in [-0.05, 0) is 25.0 Å². The van der Waals surface area contributed by atoms with E-state index >= 15 is 0 Å². The maximum absolute atomic E-state index is 13.6. The van der Waals surface area contributed by atoms with E-state index in [1.54, 1.807) is 6.20 Å². The van der Waals surface area contributed by atoms with Crippen LogP contribution in [0.2, 0.25) is 5.02 Å². The number of carbonyl (C=O) groups is 1. The van der Waals surface area contributed by atoms with Crippen LogP contribution >= 0.6 is 11.6 Å². The number of para-hydroxylation sites is 1. The number of piperidine rings is 1. The molecule has 6 nitrogen and oxygen atoms in total. The lowest BCUT2D eigenvalue weighted by Crippen LogP contribution is -2.46. The number of anilines is 1. The Kier molecular flexibility index (Phi) is 5.84. The third-order valence-corrected chi connectivity index (χ3v) is 6.05. The van der Waals surface area contributed by atoms with Gasteiger partial charge in [0.2, 0.25) is 5.91 Å².